The first-order valence-corrected chi connectivity index (χ1v) is 9.90. The first kappa shape index (κ1) is 14.4. The molecule has 5 nitrogen and oxygen atoms in total. The van der Waals surface area contributed by atoms with E-state index in [-0.39, 0.29) is 5.91 Å². The Morgan fingerprint density at radius 3 is 3.04 bits per heavy atom. The van der Waals surface area contributed by atoms with E-state index in [2.05, 4.69) is 15.2 Å². The second-order valence-electron chi connectivity index (χ2n) is 6.33. The molecule has 24 heavy (non-hydrogen) atoms. The van der Waals surface area contributed by atoms with Crippen molar-refractivity contribution in [3.63, 3.8) is 0 Å². The van der Waals surface area contributed by atoms with Crippen LogP contribution in [0.25, 0.3) is 9.88 Å². The summed E-state index contributed by atoms with van der Waals surface area (Å²) in [6.45, 7) is 1.38. The number of nitrogens with zero attached hydrogens (tertiary/aromatic N) is 3. The molecule has 0 radical (unpaired) electrons. The zero-order valence-corrected chi connectivity index (χ0v) is 14.6. The predicted molar refractivity (Wildman–Crippen MR) is 94.4 cm³/mol. The average molecular weight is 356 g/mol. The van der Waals surface area contributed by atoms with Gasteiger partial charge in [0.25, 0.3) is 5.91 Å². The van der Waals surface area contributed by atoms with E-state index in [0.717, 1.165) is 22.9 Å². The van der Waals surface area contributed by atoms with Gasteiger partial charge in [-0.25, -0.2) is 4.98 Å². The average Bonchev–Trinajstić information content (AvgIpc) is 3.06. The van der Waals surface area contributed by atoms with Crippen LogP contribution in [0.15, 0.2) is 22.9 Å². The molecule has 0 bridgehead atoms. The van der Waals surface area contributed by atoms with Crippen LogP contribution >= 0.6 is 22.7 Å². The number of fused-ring (bicyclic) bond motifs is 1. The van der Waals surface area contributed by atoms with Gasteiger partial charge in [-0.05, 0) is 24.3 Å². The molecular weight excluding hydrogens is 340 g/mol. The van der Waals surface area contributed by atoms with Crippen molar-refractivity contribution in [1.82, 2.24) is 20.1 Å². The molecule has 0 saturated heterocycles. The quantitative estimate of drug-likeness (QED) is 0.779. The molecule has 3 aromatic rings. The van der Waals surface area contributed by atoms with E-state index in [1.807, 2.05) is 27.8 Å². The third-order valence-corrected chi connectivity index (χ3v) is 6.55. The number of hydrogen-bond acceptors (Lipinski definition) is 5. The zero-order chi connectivity index (χ0) is 16.1. The number of thiophene rings is 1. The van der Waals surface area contributed by atoms with E-state index < -0.39 is 0 Å². The Bertz CT molecular complexity index is 892. The molecular formula is C17H16N4OS2. The number of hydrogen-bond donors (Lipinski definition) is 1. The topological polar surface area (TPSA) is 61.9 Å². The Morgan fingerprint density at radius 2 is 2.25 bits per heavy atom. The van der Waals surface area contributed by atoms with Crippen molar-refractivity contribution < 1.29 is 4.79 Å². The van der Waals surface area contributed by atoms with Gasteiger partial charge in [0.1, 0.15) is 10.7 Å². The Kier molecular flexibility index (Phi) is 3.31. The van der Waals surface area contributed by atoms with Crippen molar-refractivity contribution in [2.75, 3.05) is 6.54 Å². The second kappa shape index (κ2) is 5.53. The minimum atomic E-state index is 0.0302. The van der Waals surface area contributed by atoms with Crippen molar-refractivity contribution in [3.05, 3.63) is 45.5 Å². The number of thiazole rings is 1. The largest absolute Gasteiger partial charge is 0.332 e. The van der Waals surface area contributed by atoms with Crippen LogP contribution in [0.3, 0.4) is 0 Å². The molecule has 1 aliphatic carbocycles. The van der Waals surface area contributed by atoms with Crippen molar-refractivity contribution in [2.24, 2.45) is 0 Å². The van der Waals surface area contributed by atoms with Crippen molar-refractivity contribution >= 4 is 28.6 Å². The van der Waals surface area contributed by atoms with Gasteiger partial charge in [0.15, 0.2) is 0 Å². The van der Waals surface area contributed by atoms with Gasteiger partial charge < -0.3 is 4.90 Å². The van der Waals surface area contributed by atoms with Crippen LogP contribution < -0.4 is 0 Å². The summed E-state index contributed by atoms with van der Waals surface area (Å²) in [5.41, 5.74) is 4.19. The molecule has 1 amide bonds. The summed E-state index contributed by atoms with van der Waals surface area (Å²) in [5.74, 6) is 0.632. The normalized spacial score (nSPS) is 17.1. The standard InChI is InChI=1S/C17H16N4OS2/c22-17(13-9-24-16(18-13)14-2-1-7-23-14)21-6-5-12-11(8-21)15(20-19-12)10-3-4-10/h1-2,7,9-10H,3-6,8H2,(H,19,20). The molecule has 0 atom stereocenters. The van der Waals surface area contributed by atoms with E-state index in [9.17, 15) is 4.79 Å². The fourth-order valence-electron chi connectivity index (χ4n) is 3.23. The van der Waals surface area contributed by atoms with Gasteiger partial charge in [0.05, 0.1) is 10.6 Å². The fourth-order valence-corrected chi connectivity index (χ4v) is 4.84. The molecule has 2 aliphatic rings. The SMILES string of the molecule is O=C(c1csc(-c2cccs2)n1)N1CCc2[nH]nc(C3CC3)c2C1. The van der Waals surface area contributed by atoms with Crippen LogP contribution in [-0.4, -0.2) is 32.5 Å². The fraction of sp³-hybridized carbons (Fsp3) is 0.353. The minimum absolute atomic E-state index is 0.0302. The van der Waals surface area contributed by atoms with Crippen molar-refractivity contribution in [3.8, 4) is 9.88 Å². The van der Waals surface area contributed by atoms with E-state index in [4.69, 9.17) is 0 Å². The molecule has 7 heteroatoms. The third-order valence-electron chi connectivity index (χ3n) is 4.67. The highest BCUT2D eigenvalue weighted by molar-refractivity contribution is 7.20. The van der Waals surface area contributed by atoms with Gasteiger partial charge >= 0.3 is 0 Å². The van der Waals surface area contributed by atoms with Gasteiger partial charge in [-0.2, -0.15) is 5.10 Å². The van der Waals surface area contributed by atoms with Crippen LogP contribution in [-0.2, 0) is 13.0 Å². The summed E-state index contributed by atoms with van der Waals surface area (Å²) < 4.78 is 0. The van der Waals surface area contributed by atoms with Crippen molar-refractivity contribution in [2.45, 2.75) is 31.7 Å². The number of carbonyl (C=O) groups excluding carboxylic acids is 1. The molecule has 122 valence electrons. The number of H-pyrrole nitrogens is 1. The van der Waals surface area contributed by atoms with Crippen LogP contribution in [0.5, 0.6) is 0 Å². The zero-order valence-electron chi connectivity index (χ0n) is 13.0. The number of rotatable bonds is 3. The van der Waals surface area contributed by atoms with Gasteiger partial charge in [0.2, 0.25) is 0 Å². The Hall–Kier alpha value is -1.99. The highest BCUT2D eigenvalue weighted by atomic mass is 32.1. The number of aromatic amines is 1. The summed E-state index contributed by atoms with van der Waals surface area (Å²) in [4.78, 5) is 20.4. The number of carbonyl (C=O) groups is 1. The van der Waals surface area contributed by atoms with Gasteiger partial charge in [-0.3, -0.25) is 9.89 Å². The molecule has 3 aromatic heterocycles. The summed E-state index contributed by atoms with van der Waals surface area (Å²) in [5, 5.41) is 12.5. The Balaban J connectivity index is 1.39. The van der Waals surface area contributed by atoms with Gasteiger partial charge in [-0.15, -0.1) is 22.7 Å². The molecule has 0 aromatic carbocycles. The first-order valence-electron chi connectivity index (χ1n) is 8.14. The first-order chi connectivity index (χ1) is 11.8. The highest BCUT2D eigenvalue weighted by Crippen LogP contribution is 2.42. The highest BCUT2D eigenvalue weighted by Gasteiger charge is 2.33. The van der Waals surface area contributed by atoms with E-state index >= 15 is 0 Å². The molecule has 1 fully saturated rings. The van der Waals surface area contributed by atoms with E-state index in [1.54, 1.807) is 11.3 Å². The molecule has 5 rings (SSSR count). The maximum Gasteiger partial charge on any atom is 0.273 e. The summed E-state index contributed by atoms with van der Waals surface area (Å²) in [7, 11) is 0. The molecule has 0 unspecified atom stereocenters. The lowest BCUT2D eigenvalue weighted by molar-refractivity contribution is 0.0729. The molecule has 1 saturated carbocycles. The smallest absolute Gasteiger partial charge is 0.273 e. The number of amides is 1. The maximum absolute atomic E-state index is 12.9. The lowest BCUT2D eigenvalue weighted by atomic mass is 10.0. The van der Waals surface area contributed by atoms with Gasteiger partial charge in [-0.1, -0.05) is 6.07 Å². The number of aromatic nitrogens is 3. The lowest BCUT2D eigenvalue weighted by Gasteiger charge is -2.26. The monoisotopic (exact) mass is 356 g/mol. The van der Waals surface area contributed by atoms with Crippen LogP contribution in [0, 0.1) is 0 Å². The Morgan fingerprint density at radius 1 is 1.33 bits per heavy atom. The molecule has 4 heterocycles. The Labute approximate surface area is 147 Å². The summed E-state index contributed by atoms with van der Waals surface area (Å²) in [6, 6.07) is 4.05. The minimum Gasteiger partial charge on any atom is -0.332 e. The molecule has 0 spiro atoms. The summed E-state index contributed by atoms with van der Waals surface area (Å²) >= 11 is 3.19. The van der Waals surface area contributed by atoms with Crippen LogP contribution in [0.1, 0.15) is 46.2 Å². The van der Waals surface area contributed by atoms with Crippen molar-refractivity contribution in [1.29, 1.82) is 0 Å². The predicted octanol–water partition coefficient (Wildman–Crippen LogP) is 3.67. The summed E-state index contributed by atoms with van der Waals surface area (Å²) in [6.07, 6.45) is 3.30. The number of nitrogens with one attached hydrogen (secondary N) is 1. The van der Waals surface area contributed by atoms with Gasteiger partial charge in [0, 0.05) is 42.1 Å². The molecule has 1 aliphatic heterocycles. The second-order valence-corrected chi connectivity index (χ2v) is 8.14. The third kappa shape index (κ3) is 2.39. The van der Waals surface area contributed by atoms with Crippen LogP contribution in [0.4, 0.5) is 0 Å². The van der Waals surface area contributed by atoms with E-state index in [1.165, 1.54) is 41.1 Å². The van der Waals surface area contributed by atoms with E-state index in [0.29, 0.717) is 18.2 Å². The van der Waals surface area contributed by atoms with Crippen LogP contribution in [0.2, 0.25) is 0 Å². The molecule has 1 N–H and O–H groups in total. The maximum atomic E-state index is 12.9. The lowest BCUT2D eigenvalue weighted by Crippen LogP contribution is -2.36.